The van der Waals surface area contributed by atoms with Crippen molar-refractivity contribution in [2.24, 2.45) is 11.8 Å². The van der Waals surface area contributed by atoms with Crippen LogP contribution in [0.3, 0.4) is 0 Å². The summed E-state index contributed by atoms with van der Waals surface area (Å²) in [5.41, 5.74) is 1.15. The molecule has 3 nitrogen and oxygen atoms in total. The maximum atomic E-state index is 10.8. The van der Waals surface area contributed by atoms with Gasteiger partial charge in [0.05, 0.1) is 19.3 Å². The van der Waals surface area contributed by atoms with E-state index in [0.29, 0.717) is 13.2 Å². The fraction of sp³-hybridized carbons (Fsp3) is 0.533. The molecule has 100 valence electrons. The van der Waals surface area contributed by atoms with Crippen molar-refractivity contribution in [1.82, 2.24) is 0 Å². The summed E-state index contributed by atoms with van der Waals surface area (Å²) in [5.74, 6) is 0.0873. The van der Waals surface area contributed by atoms with Crippen molar-refractivity contribution >= 4 is 6.29 Å². The summed E-state index contributed by atoms with van der Waals surface area (Å²) in [4.78, 5) is 10.8. The second-order valence-electron chi connectivity index (χ2n) is 4.67. The summed E-state index contributed by atoms with van der Waals surface area (Å²) in [6, 6.07) is 10.0. The van der Waals surface area contributed by atoms with Gasteiger partial charge >= 0.3 is 0 Å². The lowest BCUT2D eigenvalue weighted by molar-refractivity contribution is -0.116. The van der Waals surface area contributed by atoms with E-state index in [9.17, 15) is 4.79 Å². The number of carbonyl (C=O) groups excluding carboxylic acids is 1. The number of benzene rings is 1. The highest BCUT2D eigenvalue weighted by molar-refractivity contribution is 5.53. The van der Waals surface area contributed by atoms with Gasteiger partial charge in [0.25, 0.3) is 0 Å². The van der Waals surface area contributed by atoms with Gasteiger partial charge in [-0.1, -0.05) is 44.2 Å². The molecule has 1 rings (SSSR count). The lowest BCUT2D eigenvalue weighted by Gasteiger charge is -2.25. The summed E-state index contributed by atoms with van der Waals surface area (Å²) in [5, 5.41) is 0. The second kappa shape index (κ2) is 8.01. The number of hydrogen-bond donors (Lipinski definition) is 0. The third-order valence-electron chi connectivity index (χ3n) is 3.06. The predicted molar refractivity (Wildman–Crippen MR) is 71.3 cm³/mol. The molecule has 1 aromatic carbocycles. The van der Waals surface area contributed by atoms with E-state index in [1.54, 1.807) is 7.11 Å². The Bertz CT molecular complexity index is 337. The van der Waals surface area contributed by atoms with Crippen LogP contribution in [0, 0.1) is 11.8 Å². The van der Waals surface area contributed by atoms with Crippen molar-refractivity contribution in [2.75, 3.05) is 13.7 Å². The van der Waals surface area contributed by atoms with Crippen molar-refractivity contribution in [3.63, 3.8) is 0 Å². The van der Waals surface area contributed by atoms with E-state index in [4.69, 9.17) is 9.47 Å². The molecule has 0 heterocycles. The van der Waals surface area contributed by atoms with Crippen LogP contribution in [0.2, 0.25) is 0 Å². The van der Waals surface area contributed by atoms with Gasteiger partial charge in [0.15, 0.2) is 0 Å². The van der Waals surface area contributed by atoms with Crippen molar-refractivity contribution in [3.8, 4) is 0 Å². The van der Waals surface area contributed by atoms with Crippen LogP contribution in [0.25, 0.3) is 0 Å². The molecule has 0 fully saturated rings. The Labute approximate surface area is 109 Å². The Morgan fingerprint density at radius 2 is 1.89 bits per heavy atom. The number of carbonyl (C=O) groups is 1. The van der Waals surface area contributed by atoms with Gasteiger partial charge in [-0.05, 0) is 5.56 Å². The third-order valence-corrected chi connectivity index (χ3v) is 3.06. The maximum Gasteiger partial charge on any atom is 0.125 e. The molecule has 0 saturated heterocycles. The first-order chi connectivity index (χ1) is 8.69. The number of rotatable bonds is 8. The molecule has 0 aliphatic heterocycles. The molecular formula is C15H22O3. The zero-order valence-corrected chi connectivity index (χ0v) is 11.3. The van der Waals surface area contributed by atoms with Crippen molar-refractivity contribution in [2.45, 2.75) is 26.6 Å². The molecule has 18 heavy (non-hydrogen) atoms. The van der Waals surface area contributed by atoms with Crippen molar-refractivity contribution in [1.29, 1.82) is 0 Å². The van der Waals surface area contributed by atoms with Crippen LogP contribution in [0.5, 0.6) is 0 Å². The van der Waals surface area contributed by atoms with E-state index >= 15 is 0 Å². The molecule has 0 aliphatic rings. The minimum atomic E-state index is -0.106. The number of ether oxygens (including phenoxy) is 2. The largest absolute Gasteiger partial charge is 0.380 e. The Kier molecular flexibility index (Phi) is 6.61. The van der Waals surface area contributed by atoms with Gasteiger partial charge in [-0.25, -0.2) is 0 Å². The first-order valence-corrected chi connectivity index (χ1v) is 6.28. The molecular weight excluding hydrogens is 228 g/mol. The van der Waals surface area contributed by atoms with Crippen LogP contribution < -0.4 is 0 Å². The van der Waals surface area contributed by atoms with Crippen LogP contribution in [0.1, 0.15) is 19.4 Å². The maximum absolute atomic E-state index is 10.8. The van der Waals surface area contributed by atoms with E-state index in [1.807, 2.05) is 44.2 Å². The summed E-state index contributed by atoms with van der Waals surface area (Å²) < 4.78 is 11.0. The second-order valence-corrected chi connectivity index (χ2v) is 4.67. The average Bonchev–Trinajstić information content (AvgIpc) is 2.40. The van der Waals surface area contributed by atoms with E-state index in [0.717, 1.165) is 11.8 Å². The molecule has 0 saturated carbocycles. The standard InChI is InChI=1S/C15H22O3/c1-12(9-16)15(17-3)13(2)10-18-11-14-7-5-4-6-8-14/h4-9,12-13,15H,10-11H2,1-3H3/t12-,13+,15-/m0/s1. The zero-order valence-electron chi connectivity index (χ0n) is 11.3. The Balaban J connectivity index is 2.36. The molecule has 0 aliphatic carbocycles. The third kappa shape index (κ3) is 4.59. The van der Waals surface area contributed by atoms with E-state index < -0.39 is 0 Å². The van der Waals surface area contributed by atoms with Gasteiger partial charge in [-0.3, -0.25) is 0 Å². The average molecular weight is 250 g/mol. The predicted octanol–water partition coefficient (Wildman–Crippen LogP) is 2.69. The minimum absolute atomic E-state index is 0.0849. The fourth-order valence-corrected chi connectivity index (χ4v) is 2.07. The lowest BCUT2D eigenvalue weighted by atomic mass is 9.95. The normalized spacial score (nSPS) is 15.9. The molecule has 3 heteroatoms. The molecule has 0 radical (unpaired) electrons. The highest BCUT2D eigenvalue weighted by atomic mass is 16.5. The summed E-state index contributed by atoms with van der Waals surface area (Å²) in [7, 11) is 1.64. The van der Waals surface area contributed by atoms with E-state index in [1.165, 1.54) is 0 Å². The molecule has 0 amide bonds. The van der Waals surface area contributed by atoms with E-state index in [-0.39, 0.29) is 17.9 Å². The first-order valence-electron chi connectivity index (χ1n) is 6.28. The molecule has 0 unspecified atom stereocenters. The molecule has 0 bridgehead atoms. The zero-order chi connectivity index (χ0) is 13.4. The smallest absolute Gasteiger partial charge is 0.125 e. The fourth-order valence-electron chi connectivity index (χ4n) is 2.07. The molecule has 3 atom stereocenters. The van der Waals surface area contributed by atoms with Crippen LogP contribution in [0.15, 0.2) is 30.3 Å². The van der Waals surface area contributed by atoms with E-state index in [2.05, 4.69) is 0 Å². The Morgan fingerprint density at radius 3 is 2.44 bits per heavy atom. The van der Waals surface area contributed by atoms with Crippen LogP contribution >= 0.6 is 0 Å². The topological polar surface area (TPSA) is 35.5 Å². The minimum Gasteiger partial charge on any atom is -0.380 e. The Hall–Kier alpha value is -1.19. The number of aldehydes is 1. The quantitative estimate of drug-likeness (QED) is 0.665. The monoisotopic (exact) mass is 250 g/mol. The first kappa shape index (κ1) is 14.9. The highest BCUT2D eigenvalue weighted by Gasteiger charge is 2.23. The van der Waals surface area contributed by atoms with Gasteiger partial charge in [0, 0.05) is 18.9 Å². The Morgan fingerprint density at radius 1 is 1.22 bits per heavy atom. The van der Waals surface area contributed by atoms with Crippen LogP contribution in [0.4, 0.5) is 0 Å². The lowest BCUT2D eigenvalue weighted by Crippen LogP contribution is -2.31. The summed E-state index contributed by atoms with van der Waals surface area (Å²) in [6.07, 6.45) is 0.847. The van der Waals surface area contributed by atoms with Gasteiger partial charge in [-0.2, -0.15) is 0 Å². The summed E-state index contributed by atoms with van der Waals surface area (Å²) in [6.45, 7) is 5.09. The highest BCUT2D eigenvalue weighted by Crippen LogP contribution is 2.16. The van der Waals surface area contributed by atoms with Crippen molar-refractivity contribution in [3.05, 3.63) is 35.9 Å². The van der Waals surface area contributed by atoms with Crippen LogP contribution in [-0.4, -0.2) is 26.1 Å². The molecule has 1 aromatic rings. The number of hydrogen-bond acceptors (Lipinski definition) is 3. The molecule has 0 N–H and O–H groups in total. The number of methoxy groups -OCH3 is 1. The van der Waals surface area contributed by atoms with Gasteiger partial charge < -0.3 is 14.3 Å². The van der Waals surface area contributed by atoms with Crippen LogP contribution in [-0.2, 0) is 20.9 Å². The van der Waals surface area contributed by atoms with Crippen molar-refractivity contribution < 1.29 is 14.3 Å². The summed E-state index contributed by atoms with van der Waals surface area (Å²) >= 11 is 0. The van der Waals surface area contributed by atoms with Gasteiger partial charge in [-0.15, -0.1) is 0 Å². The molecule has 0 aromatic heterocycles. The SMILES string of the molecule is CO[C@H]([C@H](C)COCc1ccccc1)[C@@H](C)C=O. The molecule has 0 spiro atoms. The van der Waals surface area contributed by atoms with Gasteiger partial charge in [0.2, 0.25) is 0 Å². The van der Waals surface area contributed by atoms with Gasteiger partial charge in [0.1, 0.15) is 6.29 Å².